The molecule has 0 aliphatic heterocycles. The second-order valence-corrected chi connectivity index (χ2v) is 6.08. The van der Waals surface area contributed by atoms with Crippen molar-refractivity contribution >= 4 is 11.6 Å². The van der Waals surface area contributed by atoms with E-state index in [2.05, 4.69) is 25.2 Å². The van der Waals surface area contributed by atoms with E-state index in [0.717, 1.165) is 30.0 Å². The first kappa shape index (κ1) is 15.9. The number of benzene rings is 2. The summed E-state index contributed by atoms with van der Waals surface area (Å²) in [5, 5.41) is 4.07. The number of para-hydroxylation sites is 1. The Morgan fingerprint density at radius 1 is 1.10 bits per heavy atom. The molecule has 0 saturated heterocycles. The monoisotopic (exact) mass is 303 g/mol. The van der Waals surface area contributed by atoms with Crippen LogP contribution in [0.5, 0.6) is 11.5 Å². The standard InChI is InChI=1S/C18H22ClNO/c1-13(2)11-20-12-15-6-4-5-7-17(15)21-18-10-14(3)8-9-16(18)19/h4-10,13,20H,11-12H2,1-3H3. The van der Waals surface area contributed by atoms with Crippen molar-refractivity contribution in [2.24, 2.45) is 5.92 Å². The molecular weight excluding hydrogens is 282 g/mol. The number of rotatable bonds is 6. The average Bonchev–Trinajstić information content (AvgIpc) is 2.44. The number of halogens is 1. The molecule has 2 rings (SSSR count). The number of hydrogen-bond acceptors (Lipinski definition) is 2. The lowest BCUT2D eigenvalue weighted by atomic mass is 10.1. The summed E-state index contributed by atoms with van der Waals surface area (Å²) in [5.41, 5.74) is 2.26. The first-order chi connectivity index (χ1) is 10.1. The molecule has 2 aromatic carbocycles. The normalized spacial score (nSPS) is 10.9. The molecule has 0 unspecified atom stereocenters. The summed E-state index contributed by atoms with van der Waals surface area (Å²) in [6.45, 7) is 8.19. The zero-order valence-corrected chi connectivity index (χ0v) is 13.6. The van der Waals surface area contributed by atoms with Crippen molar-refractivity contribution in [1.82, 2.24) is 5.32 Å². The Hall–Kier alpha value is -1.51. The summed E-state index contributed by atoms with van der Waals surface area (Å²) < 4.78 is 6.01. The van der Waals surface area contributed by atoms with Gasteiger partial charge in [-0.15, -0.1) is 0 Å². The zero-order chi connectivity index (χ0) is 15.2. The molecule has 0 aliphatic rings. The van der Waals surface area contributed by atoms with Crippen molar-refractivity contribution in [1.29, 1.82) is 0 Å². The largest absolute Gasteiger partial charge is 0.455 e. The Balaban J connectivity index is 2.14. The van der Waals surface area contributed by atoms with E-state index in [9.17, 15) is 0 Å². The lowest BCUT2D eigenvalue weighted by molar-refractivity contribution is 0.469. The molecular formula is C18H22ClNO. The van der Waals surface area contributed by atoms with Crippen LogP contribution in [0.4, 0.5) is 0 Å². The fourth-order valence-corrected chi connectivity index (χ4v) is 2.21. The van der Waals surface area contributed by atoms with Gasteiger partial charge in [-0.1, -0.05) is 49.7 Å². The van der Waals surface area contributed by atoms with E-state index in [1.807, 2.05) is 43.3 Å². The summed E-state index contributed by atoms with van der Waals surface area (Å²) >= 11 is 6.20. The minimum Gasteiger partial charge on any atom is -0.455 e. The lowest BCUT2D eigenvalue weighted by Crippen LogP contribution is -2.19. The minimum absolute atomic E-state index is 0.629. The van der Waals surface area contributed by atoms with Crippen molar-refractivity contribution in [3.8, 4) is 11.5 Å². The summed E-state index contributed by atoms with van der Waals surface area (Å²) in [6, 6.07) is 13.9. The fraction of sp³-hybridized carbons (Fsp3) is 0.333. The highest BCUT2D eigenvalue weighted by Gasteiger charge is 2.07. The first-order valence-corrected chi connectivity index (χ1v) is 7.66. The minimum atomic E-state index is 0.629. The molecule has 0 aliphatic carbocycles. The van der Waals surface area contributed by atoms with Gasteiger partial charge in [-0.25, -0.2) is 0 Å². The summed E-state index contributed by atoms with van der Waals surface area (Å²) in [6.07, 6.45) is 0. The summed E-state index contributed by atoms with van der Waals surface area (Å²) in [4.78, 5) is 0. The third-order valence-corrected chi connectivity index (χ3v) is 3.46. The van der Waals surface area contributed by atoms with Crippen LogP contribution in [0.25, 0.3) is 0 Å². The van der Waals surface area contributed by atoms with Crippen molar-refractivity contribution < 1.29 is 4.74 Å². The van der Waals surface area contributed by atoms with E-state index in [1.54, 1.807) is 0 Å². The first-order valence-electron chi connectivity index (χ1n) is 7.29. The second-order valence-electron chi connectivity index (χ2n) is 5.67. The zero-order valence-electron chi connectivity index (χ0n) is 12.8. The molecule has 0 aromatic heterocycles. The van der Waals surface area contributed by atoms with Crippen molar-refractivity contribution in [2.75, 3.05) is 6.54 Å². The van der Waals surface area contributed by atoms with E-state index in [-0.39, 0.29) is 0 Å². The van der Waals surface area contributed by atoms with Gasteiger partial charge in [0.15, 0.2) is 0 Å². The fourth-order valence-electron chi connectivity index (χ4n) is 2.05. The SMILES string of the molecule is Cc1ccc(Cl)c(Oc2ccccc2CNCC(C)C)c1. The molecule has 0 spiro atoms. The summed E-state index contributed by atoms with van der Waals surface area (Å²) in [7, 11) is 0. The molecule has 0 bridgehead atoms. The summed E-state index contributed by atoms with van der Waals surface area (Å²) in [5.74, 6) is 2.18. The Bertz CT molecular complexity index is 596. The Morgan fingerprint density at radius 3 is 2.62 bits per heavy atom. The molecule has 112 valence electrons. The molecule has 0 radical (unpaired) electrons. The lowest BCUT2D eigenvalue weighted by Gasteiger charge is -2.14. The molecule has 0 atom stereocenters. The highest BCUT2D eigenvalue weighted by Crippen LogP contribution is 2.31. The second kappa shape index (κ2) is 7.48. The number of ether oxygens (including phenoxy) is 1. The van der Waals surface area contributed by atoms with Gasteiger partial charge in [0.25, 0.3) is 0 Å². The molecule has 0 heterocycles. The molecule has 3 heteroatoms. The number of nitrogens with one attached hydrogen (secondary N) is 1. The smallest absolute Gasteiger partial charge is 0.146 e. The predicted molar refractivity (Wildman–Crippen MR) is 89.2 cm³/mol. The molecule has 0 saturated carbocycles. The molecule has 21 heavy (non-hydrogen) atoms. The van der Waals surface area contributed by atoms with Crippen LogP contribution in [0.3, 0.4) is 0 Å². The Kier molecular flexibility index (Phi) is 5.66. The van der Waals surface area contributed by atoms with E-state index in [0.29, 0.717) is 16.7 Å². The molecule has 0 amide bonds. The van der Waals surface area contributed by atoms with Crippen LogP contribution in [-0.2, 0) is 6.54 Å². The van der Waals surface area contributed by atoms with Gasteiger partial charge in [0.1, 0.15) is 11.5 Å². The third kappa shape index (κ3) is 4.76. The van der Waals surface area contributed by atoms with Crippen LogP contribution in [0.1, 0.15) is 25.0 Å². The maximum Gasteiger partial charge on any atom is 0.146 e. The van der Waals surface area contributed by atoms with Crippen molar-refractivity contribution in [3.63, 3.8) is 0 Å². The Morgan fingerprint density at radius 2 is 1.86 bits per heavy atom. The van der Waals surface area contributed by atoms with Crippen LogP contribution in [-0.4, -0.2) is 6.54 Å². The van der Waals surface area contributed by atoms with Crippen LogP contribution in [0.2, 0.25) is 5.02 Å². The Labute approximate surface area is 132 Å². The maximum absolute atomic E-state index is 6.20. The van der Waals surface area contributed by atoms with Crippen LogP contribution >= 0.6 is 11.6 Å². The van der Waals surface area contributed by atoms with Crippen LogP contribution in [0.15, 0.2) is 42.5 Å². The number of hydrogen-bond donors (Lipinski definition) is 1. The third-order valence-electron chi connectivity index (χ3n) is 3.15. The van der Waals surface area contributed by atoms with Gasteiger partial charge in [-0.3, -0.25) is 0 Å². The highest BCUT2D eigenvalue weighted by atomic mass is 35.5. The van der Waals surface area contributed by atoms with Gasteiger partial charge >= 0.3 is 0 Å². The maximum atomic E-state index is 6.20. The van der Waals surface area contributed by atoms with Gasteiger partial charge in [0.05, 0.1) is 5.02 Å². The van der Waals surface area contributed by atoms with E-state index in [1.165, 1.54) is 0 Å². The molecule has 2 aromatic rings. The quantitative estimate of drug-likeness (QED) is 0.793. The molecule has 0 fully saturated rings. The van der Waals surface area contributed by atoms with Crippen LogP contribution < -0.4 is 10.1 Å². The topological polar surface area (TPSA) is 21.3 Å². The van der Waals surface area contributed by atoms with E-state index in [4.69, 9.17) is 16.3 Å². The van der Waals surface area contributed by atoms with Gasteiger partial charge in [0, 0.05) is 12.1 Å². The average molecular weight is 304 g/mol. The van der Waals surface area contributed by atoms with E-state index >= 15 is 0 Å². The predicted octanol–water partition coefficient (Wildman–Crippen LogP) is 5.19. The van der Waals surface area contributed by atoms with Gasteiger partial charge in [-0.2, -0.15) is 0 Å². The molecule has 1 N–H and O–H groups in total. The van der Waals surface area contributed by atoms with Gasteiger partial charge in [0.2, 0.25) is 0 Å². The van der Waals surface area contributed by atoms with Gasteiger partial charge < -0.3 is 10.1 Å². The number of aryl methyl sites for hydroxylation is 1. The molecule has 2 nitrogen and oxygen atoms in total. The van der Waals surface area contributed by atoms with Crippen molar-refractivity contribution in [3.05, 3.63) is 58.6 Å². The van der Waals surface area contributed by atoms with Crippen molar-refractivity contribution in [2.45, 2.75) is 27.3 Å². The van der Waals surface area contributed by atoms with Gasteiger partial charge in [-0.05, 0) is 43.1 Å². The van der Waals surface area contributed by atoms with E-state index < -0.39 is 0 Å². The highest BCUT2D eigenvalue weighted by molar-refractivity contribution is 6.32. The van der Waals surface area contributed by atoms with Crippen LogP contribution in [0, 0.1) is 12.8 Å².